The Bertz CT molecular complexity index is 360. The predicted molar refractivity (Wildman–Crippen MR) is 71.8 cm³/mol. The molecule has 0 saturated heterocycles. The monoisotopic (exact) mass is 250 g/mol. The average Bonchev–Trinajstić information content (AvgIpc) is 2.41. The quantitative estimate of drug-likeness (QED) is 0.858. The van der Waals surface area contributed by atoms with Crippen LogP contribution in [0.15, 0.2) is 24.3 Å². The van der Waals surface area contributed by atoms with E-state index >= 15 is 0 Å². The van der Waals surface area contributed by atoms with E-state index < -0.39 is 0 Å². The predicted octanol–water partition coefficient (Wildman–Crippen LogP) is 3.95. The highest BCUT2D eigenvalue weighted by atomic mass is 19.1. The molecule has 0 radical (unpaired) electrons. The first-order valence-corrected chi connectivity index (χ1v) is 7.13. The van der Waals surface area contributed by atoms with E-state index in [1.807, 2.05) is 0 Å². The maximum Gasteiger partial charge on any atom is 0.123 e. The van der Waals surface area contributed by atoms with Gasteiger partial charge in [-0.25, -0.2) is 4.39 Å². The first kappa shape index (κ1) is 13.5. The Balaban J connectivity index is 1.97. The normalized spacial score (nSPS) is 25.9. The number of rotatable bonds is 4. The molecule has 0 amide bonds. The Labute approximate surface area is 109 Å². The van der Waals surface area contributed by atoms with Gasteiger partial charge in [-0.1, -0.05) is 44.7 Å². The minimum Gasteiger partial charge on any atom is -0.392 e. The molecule has 2 rings (SSSR count). The maximum absolute atomic E-state index is 12.8. The molecule has 0 spiro atoms. The summed E-state index contributed by atoms with van der Waals surface area (Å²) in [6.45, 7) is 2.22. The van der Waals surface area contributed by atoms with Crippen molar-refractivity contribution in [3.63, 3.8) is 0 Å². The summed E-state index contributed by atoms with van der Waals surface area (Å²) in [6, 6.07) is 6.51. The highest BCUT2D eigenvalue weighted by Gasteiger charge is 2.29. The number of aliphatic hydroxyl groups is 1. The third-order valence-electron chi connectivity index (χ3n) is 4.34. The number of halogens is 1. The summed E-state index contributed by atoms with van der Waals surface area (Å²) in [5.41, 5.74) is 1.03. The second-order valence-corrected chi connectivity index (χ2v) is 5.51. The molecule has 1 N–H and O–H groups in total. The third kappa shape index (κ3) is 3.32. The van der Waals surface area contributed by atoms with Gasteiger partial charge in [0.25, 0.3) is 0 Å². The molecule has 1 aliphatic rings. The standard InChI is InChI=1S/C16H23FO/c1-2-13-5-3-4-6-15(13)16(18)11-12-7-9-14(17)10-8-12/h7-10,13,15-16,18H,2-6,11H2,1H3. The highest BCUT2D eigenvalue weighted by molar-refractivity contribution is 5.17. The van der Waals surface area contributed by atoms with Gasteiger partial charge in [0.15, 0.2) is 0 Å². The fraction of sp³-hybridized carbons (Fsp3) is 0.625. The van der Waals surface area contributed by atoms with Crippen molar-refractivity contribution in [1.82, 2.24) is 0 Å². The van der Waals surface area contributed by atoms with Gasteiger partial charge in [0.1, 0.15) is 5.82 Å². The van der Waals surface area contributed by atoms with Gasteiger partial charge >= 0.3 is 0 Å². The summed E-state index contributed by atoms with van der Waals surface area (Å²) in [5, 5.41) is 10.4. The van der Waals surface area contributed by atoms with E-state index in [2.05, 4.69) is 6.92 Å². The summed E-state index contributed by atoms with van der Waals surface area (Å²) in [7, 11) is 0. The van der Waals surface area contributed by atoms with Crippen LogP contribution in [0.5, 0.6) is 0 Å². The fourth-order valence-corrected chi connectivity index (χ4v) is 3.26. The van der Waals surface area contributed by atoms with Crippen molar-refractivity contribution in [2.45, 2.75) is 51.6 Å². The Morgan fingerprint density at radius 2 is 1.89 bits per heavy atom. The lowest BCUT2D eigenvalue weighted by Gasteiger charge is -2.34. The molecule has 1 aromatic carbocycles. The Morgan fingerprint density at radius 1 is 1.22 bits per heavy atom. The zero-order valence-electron chi connectivity index (χ0n) is 11.1. The van der Waals surface area contributed by atoms with Crippen LogP contribution in [0, 0.1) is 17.7 Å². The number of hydrogen-bond donors (Lipinski definition) is 1. The van der Waals surface area contributed by atoms with Gasteiger partial charge < -0.3 is 5.11 Å². The van der Waals surface area contributed by atoms with Gasteiger partial charge in [-0.2, -0.15) is 0 Å². The van der Waals surface area contributed by atoms with Gasteiger partial charge in [-0.15, -0.1) is 0 Å². The summed E-state index contributed by atoms with van der Waals surface area (Å²) in [5.74, 6) is 0.875. The van der Waals surface area contributed by atoms with E-state index in [1.165, 1.54) is 31.4 Å². The van der Waals surface area contributed by atoms with E-state index in [1.54, 1.807) is 12.1 Å². The molecule has 100 valence electrons. The van der Waals surface area contributed by atoms with Crippen molar-refractivity contribution < 1.29 is 9.50 Å². The minimum atomic E-state index is -0.277. The molecule has 1 nitrogen and oxygen atoms in total. The van der Waals surface area contributed by atoms with Gasteiger partial charge in [-0.05, 0) is 42.4 Å². The van der Waals surface area contributed by atoms with Crippen LogP contribution >= 0.6 is 0 Å². The van der Waals surface area contributed by atoms with Crippen LogP contribution in [-0.4, -0.2) is 11.2 Å². The Morgan fingerprint density at radius 3 is 2.56 bits per heavy atom. The van der Waals surface area contributed by atoms with Crippen molar-refractivity contribution in [3.05, 3.63) is 35.6 Å². The van der Waals surface area contributed by atoms with Crippen LogP contribution in [0.3, 0.4) is 0 Å². The zero-order chi connectivity index (χ0) is 13.0. The molecule has 0 aliphatic heterocycles. The lowest BCUT2D eigenvalue weighted by atomic mass is 9.74. The van der Waals surface area contributed by atoms with Gasteiger partial charge in [0.05, 0.1) is 6.10 Å². The molecule has 3 atom stereocenters. The van der Waals surface area contributed by atoms with Crippen molar-refractivity contribution >= 4 is 0 Å². The average molecular weight is 250 g/mol. The van der Waals surface area contributed by atoms with Crippen LogP contribution in [0.4, 0.5) is 4.39 Å². The first-order chi connectivity index (χ1) is 8.70. The highest BCUT2D eigenvalue weighted by Crippen LogP contribution is 2.35. The van der Waals surface area contributed by atoms with E-state index in [0.29, 0.717) is 18.3 Å². The molecule has 0 heterocycles. The fourth-order valence-electron chi connectivity index (χ4n) is 3.26. The zero-order valence-corrected chi connectivity index (χ0v) is 11.1. The Hall–Kier alpha value is -0.890. The second-order valence-electron chi connectivity index (χ2n) is 5.51. The third-order valence-corrected chi connectivity index (χ3v) is 4.34. The summed E-state index contributed by atoms with van der Waals surface area (Å²) >= 11 is 0. The van der Waals surface area contributed by atoms with Crippen molar-refractivity contribution in [3.8, 4) is 0 Å². The molecule has 1 saturated carbocycles. The molecule has 3 unspecified atom stereocenters. The smallest absolute Gasteiger partial charge is 0.123 e. The summed E-state index contributed by atoms with van der Waals surface area (Å²) < 4.78 is 12.8. The van der Waals surface area contributed by atoms with Crippen LogP contribution in [0.1, 0.15) is 44.6 Å². The lowest BCUT2D eigenvalue weighted by molar-refractivity contribution is 0.0464. The number of aliphatic hydroxyl groups excluding tert-OH is 1. The summed E-state index contributed by atoms with van der Waals surface area (Å²) in [6.07, 6.45) is 6.47. The molecular formula is C16H23FO. The number of benzene rings is 1. The van der Waals surface area contributed by atoms with Crippen molar-refractivity contribution in [1.29, 1.82) is 0 Å². The second kappa shape index (κ2) is 6.33. The van der Waals surface area contributed by atoms with E-state index in [-0.39, 0.29) is 11.9 Å². The Kier molecular flexibility index (Phi) is 4.76. The van der Waals surface area contributed by atoms with E-state index in [0.717, 1.165) is 18.4 Å². The van der Waals surface area contributed by atoms with Gasteiger partial charge in [0, 0.05) is 0 Å². The molecule has 1 aliphatic carbocycles. The van der Waals surface area contributed by atoms with Crippen LogP contribution in [0.2, 0.25) is 0 Å². The molecule has 1 fully saturated rings. The minimum absolute atomic E-state index is 0.211. The summed E-state index contributed by atoms with van der Waals surface area (Å²) in [4.78, 5) is 0. The van der Waals surface area contributed by atoms with Gasteiger partial charge in [-0.3, -0.25) is 0 Å². The van der Waals surface area contributed by atoms with E-state index in [9.17, 15) is 9.50 Å². The molecule has 1 aromatic rings. The molecule has 2 heteroatoms. The number of hydrogen-bond acceptors (Lipinski definition) is 1. The maximum atomic E-state index is 12.8. The van der Waals surface area contributed by atoms with Crippen molar-refractivity contribution in [2.75, 3.05) is 0 Å². The molecular weight excluding hydrogens is 227 g/mol. The van der Waals surface area contributed by atoms with Crippen molar-refractivity contribution in [2.24, 2.45) is 11.8 Å². The molecule has 0 aromatic heterocycles. The van der Waals surface area contributed by atoms with Crippen LogP contribution in [-0.2, 0) is 6.42 Å². The first-order valence-electron chi connectivity index (χ1n) is 7.13. The largest absolute Gasteiger partial charge is 0.392 e. The van der Waals surface area contributed by atoms with Crippen LogP contribution in [0.25, 0.3) is 0 Å². The van der Waals surface area contributed by atoms with Gasteiger partial charge in [0.2, 0.25) is 0 Å². The van der Waals surface area contributed by atoms with E-state index in [4.69, 9.17) is 0 Å². The lowest BCUT2D eigenvalue weighted by Crippen LogP contribution is -2.32. The van der Waals surface area contributed by atoms with Crippen LogP contribution < -0.4 is 0 Å². The SMILES string of the molecule is CCC1CCCCC1C(O)Cc1ccc(F)cc1. The molecule has 18 heavy (non-hydrogen) atoms. The molecule has 0 bridgehead atoms. The topological polar surface area (TPSA) is 20.2 Å².